The first-order valence-electron chi connectivity index (χ1n) is 8.48. The fraction of sp³-hybridized carbons (Fsp3) is 0.529. The monoisotopic (exact) mass is 332 g/mol. The molecule has 0 atom stereocenters. The number of aromatic nitrogens is 2. The van der Waals surface area contributed by atoms with Crippen molar-refractivity contribution in [2.24, 2.45) is 0 Å². The average molecular weight is 332 g/mol. The molecule has 2 amide bonds. The van der Waals surface area contributed by atoms with E-state index in [4.69, 9.17) is 4.42 Å². The van der Waals surface area contributed by atoms with Crippen LogP contribution in [0, 0.1) is 6.92 Å². The molecular weight excluding hydrogens is 308 g/mol. The Labute approximate surface area is 141 Å². The number of anilines is 1. The van der Waals surface area contributed by atoms with Crippen LogP contribution in [0.25, 0.3) is 11.3 Å². The summed E-state index contributed by atoms with van der Waals surface area (Å²) in [5.74, 6) is 1.33. The molecule has 24 heavy (non-hydrogen) atoms. The molecule has 1 aliphatic carbocycles. The standard InChI is InChI=1S/C17H24N4O3/c1-12-14(7-10-24-12)15-11-16(21(20-15)8-9-22)19-17(23)18-13-5-3-2-4-6-13/h7,10-11,13,22H,2-6,8-9H2,1H3,(H2,18,19,23). The summed E-state index contributed by atoms with van der Waals surface area (Å²) >= 11 is 0. The van der Waals surface area contributed by atoms with Gasteiger partial charge in [-0.15, -0.1) is 0 Å². The molecule has 0 bridgehead atoms. The topological polar surface area (TPSA) is 92.3 Å². The van der Waals surface area contributed by atoms with Gasteiger partial charge in [-0.05, 0) is 25.8 Å². The third-order valence-corrected chi connectivity index (χ3v) is 4.41. The predicted octanol–water partition coefficient (Wildman–Crippen LogP) is 2.90. The van der Waals surface area contributed by atoms with Gasteiger partial charge in [-0.2, -0.15) is 5.10 Å². The normalized spacial score (nSPS) is 15.4. The zero-order chi connectivity index (χ0) is 16.9. The number of aliphatic hydroxyl groups excluding tert-OH is 1. The number of urea groups is 1. The van der Waals surface area contributed by atoms with Crippen LogP contribution in [0.15, 0.2) is 22.8 Å². The van der Waals surface area contributed by atoms with Crippen LogP contribution in [0.3, 0.4) is 0 Å². The lowest BCUT2D eigenvalue weighted by Crippen LogP contribution is -2.39. The van der Waals surface area contributed by atoms with E-state index in [9.17, 15) is 9.90 Å². The number of rotatable bonds is 5. The van der Waals surface area contributed by atoms with E-state index < -0.39 is 0 Å². The Bertz CT molecular complexity index is 686. The number of furan rings is 1. The summed E-state index contributed by atoms with van der Waals surface area (Å²) in [7, 11) is 0. The number of nitrogens with one attached hydrogen (secondary N) is 2. The second-order valence-corrected chi connectivity index (χ2v) is 6.19. The Kier molecular flexibility index (Phi) is 5.20. The minimum Gasteiger partial charge on any atom is -0.469 e. The highest BCUT2D eigenvalue weighted by Gasteiger charge is 2.18. The van der Waals surface area contributed by atoms with Crippen molar-refractivity contribution in [2.75, 3.05) is 11.9 Å². The van der Waals surface area contributed by atoms with Crippen LogP contribution in [-0.2, 0) is 6.54 Å². The van der Waals surface area contributed by atoms with Crippen LogP contribution in [-0.4, -0.2) is 33.6 Å². The van der Waals surface area contributed by atoms with Gasteiger partial charge in [0.2, 0.25) is 0 Å². The minimum absolute atomic E-state index is 0.0512. The summed E-state index contributed by atoms with van der Waals surface area (Å²) in [6.45, 7) is 2.13. The van der Waals surface area contributed by atoms with Crippen molar-refractivity contribution in [3.63, 3.8) is 0 Å². The maximum Gasteiger partial charge on any atom is 0.320 e. The second kappa shape index (κ2) is 7.53. The molecule has 1 aliphatic rings. The molecule has 0 radical (unpaired) electrons. The van der Waals surface area contributed by atoms with Gasteiger partial charge in [-0.25, -0.2) is 9.48 Å². The van der Waals surface area contributed by atoms with Crippen LogP contribution in [0.5, 0.6) is 0 Å². The molecule has 2 heterocycles. The second-order valence-electron chi connectivity index (χ2n) is 6.19. The molecule has 0 aliphatic heterocycles. The summed E-state index contributed by atoms with van der Waals surface area (Å²) in [5.41, 5.74) is 1.59. The lowest BCUT2D eigenvalue weighted by atomic mass is 9.96. The van der Waals surface area contributed by atoms with Crippen LogP contribution >= 0.6 is 0 Å². The van der Waals surface area contributed by atoms with Crippen molar-refractivity contribution in [3.05, 3.63) is 24.2 Å². The zero-order valence-electron chi connectivity index (χ0n) is 13.9. The van der Waals surface area contributed by atoms with E-state index in [0.29, 0.717) is 18.1 Å². The van der Waals surface area contributed by atoms with Crippen molar-refractivity contribution in [3.8, 4) is 11.3 Å². The number of carbonyl (C=O) groups is 1. The molecule has 1 saturated carbocycles. The largest absolute Gasteiger partial charge is 0.469 e. The van der Waals surface area contributed by atoms with Gasteiger partial charge in [0.25, 0.3) is 0 Å². The molecule has 2 aromatic rings. The van der Waals surface area contributed by atoms with E-state index in [-0.39, 0.29) is 18.7 Å². The summed E-state index contributed by atoms with van der Waals surface area (Å²) in [6.07, 6.45) is 7.25. The van der Waals surface area contributed by atoms with E-state index >= 15 is 0 Å². The van der Waals surface area contributed by atoms with Crippen molar-refractivity contribution < 1.29 is 14.3 Å². The number of hydrogen-bond donors (Lipinski definition) is 3. The summed E-state index contributed by atoms with van der Waals surface area (Å²) in [5, 5.41) is 19.6. The Hall–Kier alpha value is -2.28. The SMILES string of the molecule is Cc1occc1-c1cc(NC(=O)NC2CCCCC2)n(CCO)n1. The lowest BCUT2D eigenvalue weighted by molar-refractivity contribution is 0.243. The summed E-state index contributed by atoms with van der Waals surface area (Å²) < 4.78 is 6.91. The van der Waals surface area contributed by atoms with Crippen molar-refractivity contribution >= 4 is 11.8 Å². The van der Waals surface area contributed by atoms with Crippen molar-refractivity contribution in [1.29, 1.82) is 0 Å². The molecule has 1 fully saturated rings. The van der Waals surface area contributed by atoms with E-state index in [0.717, 1.165) is 37.0 Å². The first-order valence-corrected chi connectivity index (χ1v) is 8.48. The highest BCUT2D eigenvalue weighted by atomic mass is 16.3. The van der Waals surface area contributed by atoms with Gasteiger partial charge in [0, 0.05) is 17.7 Å². The Morgan fingerprint density at radius 2 is 2.21 bits per heavy atom. The molecule has 0 spiro atoms. The minimum atomic E-state index is -0.226. The molecule has 0 aromatic carbocycles. The number of carbonyl (C=O) groups excluding carboxylic acids is 1. The van der Waals surface area contributed by atoms with Gasteiger partial charge in [0.1, 0.15) is 11.6 Å². The maximum absolute atomic E-state index is 12.3. The van der Waals surface area contributed by atoms with Crippen LogP contribution in [0.2, 0.25) is 0 Å². The van der Waals surface area contributed by atoms with Gasteiger partial charge in [0.05, 0.1) is 25.1 Å². The molecule has 2 aromatic heterocycles. The first kappa shape index (κ1) is 16.6. The van der Waals surface area contributed by atoms with Gasteiger partial charge in [-0.1, -0.05) is 19.3 Å². The molecular formula is C17H24N4O3. The predicted molar refractivity (Wildman–Crippen MR) is 90.8 cm³/mol. The van der Waals surface area contributed by atoms with Crippen LogP contribution in [0.1, 0.15) is 37.9 Å². The van der Waals surface area contributed by atoms with Crippen LogP contribution < -0.4 is 10.6 Å². The van der Waals surface area contributed by atoms with Gasteiger partial charge in [-0.3, -0.25) is 5.32 Å². The fourth-order valence-corrected chi connectivity index (χ4v) is 3.15. The maximum atomic E-state index is 12.3. The first-order chi connectivity index (χ1) is 11.7. The molecule has 3 rings (SSSR count). The molecule has 0 saturated heterocycles. The number of hydrogen-bond acceptors (Lipinski definition) is 4. The summed E-state index contributed by atoms with van der Waals surface area (Å²) in [6, 6.07) is 3.65. The molecule has 7 nitrogen and oxygen atoms in total. The average Bonchev–Trinajstić information content (AvgIpc) is 3.15. The molecule has 0 unspecified atom stereocenters. The Balaban J connectivity index is 1.72. The van der Waals surface area contributed by atoms with E-state index in [1.807, 2.05) is 13.0 Å². The third-order valence-electron chi connectivity index (χ3n) is 4.41. The van der Waals surface area contributed by atoms with E-state index in [1.165, 1.54) is 6.42 Å². The van der Waals surface area contributed by atoms with Gasteiger partial charge in [0.15, 0.2) is 0 Å². The third kappa shape index (κ3) is 3.79. The van der Waals surface area contributed by atoms with Gasteiger partial charge >= 0.3 is 6.03 Å². The highest BCUT2D eigenvalue weighted by Crippen LogP contribution is 2.26. The van der Waals surface area contributed by atoms with E-state index in [1.54, 1.807) is 17.0 Å². The van der Waals surface area contributed by atoms with Crippen molar-refractivity contribution in [2.45, 2.75) is 51.6 Å². The Morgan fingerprint density at radius 3 is 2.88 bits per heavy atom. The zero-order valence-corrected chi connectivity index (χ0v) is 13.9. The van der Waals surface area contributed by atoms with Crippen LogP contribution in [0.4, 0.5) is 10.6 Å². The number of nitrogens with zero attached hydrogens (tertiary/aromatic N) is 2. The van der Waals surface area contributed by atoms with Crippen molar-refractivity contribution in [1.82, 2.24) is 15.1 Å². The number of amides is 2. The summed E-state index contributed by atoms with van der Waals surface area (Å²) in [4.78, 5) is 12.3. The highest BCUT2D eigenvalue weighted by molar-refractivity contribution is 5.89. The Morgan fingerprint density at radius 1 is 1.42 bits per heavy atom. The number of aryl methyl sites for hydroxylation is 1. The molecule has 130 valence electrons. The lowest BCUT2D eigenvalue weighted by Gasteiger charge is -2.22. The smallest absolute Gasteiger partial charge is 0.320 e. The van der Waals surface area contributed by atoms with E-state index in [2.05, 4.69) is 15.7 Å². The quantitative estimate of drug-likeness (QED) is 0.785. The fourth-order valence-electron chi connectivity index (χ4n) is 3.15. The molecule has 3 N–H and O–H groups in total. The van der Waals surface area contributed by atoms with Gasteiger partial charge < -0.3 is 14.8 Å². The number of aliphatic hydroxyl groups is 1. The molecule has 7 heteroatoms.